The van der Waals surface area contributed by atoms with Crippen molar-refractivity contribution in [2.75, 3.05) is 11.9 Å². The summed E-state index contributed by atoms with van der Waals surface area (Å²) < 4.78 is 5.85. The van der Waals surface area contributed by atoms with Gasteiger partial charge in [-0.2, -0.15) is 0 Å². The van der Waals surface area contributed by atoms with Crippen molar-refractivity contribution in [2.24, 2.45) is 0 Å². The van der Waals surface area contributed by atoms with E-state index in [1.807, 2.05) is 6.07 Å². The zero-order valence-corrected chi connectivity index (χ0v) is 17.3. The Morgan fingerprint density at radius 3 is 2.48 bits per heavy atom. The van der Waals surface area contributed by atoms with Crippen LogP contribution in [0.15, 0.2) is 39.9 Å². The van der Waals surface area contributed by atoms with E-state index in [4.69, 9.17) is 4.74 Å². The first-order chi connectivity index (χ1) is 13.7. The van der Waals surface area contributed by atoms with Crippen molar-refractivity contribution in [2.45, 2.75) is 33.2 Å². The van der Waals surface area contributed by atoms with Crippen molar-refractivity contribution in [3.8, 4) is 0 Å². The summed E-state index contributed by atoms with van der Waals surface area (Å²) >= 11 is 1.02. The van der Waals surface area contributed by atoms with Crippen molar-refractivity contribution >= 4 is 39.1 Å². The van der Waals surface area contributed by atoms with Gasteiger partial charge in [0.15, 0.2) is 0 Å². The van der Waals surface area contributed by atoms with Crippen molar-refractivity contribution in [1.29, 1.82) is 0 Å². The minimum absolute atomic E-state index is 0.123. The number of aryl methyl sites for hydroxylation is 1. The average Bonchev–Trinajstić information content (AvgIpc) is 2.99. The lowest BCUT2D eigenvalue weighted by atomic mass is 10.1. The fourth-order valence-corrected chi connectivity index (χ4v) is 4.13. The molecule has 3 rings (SSSR count). The van der Waals surface area contributed by atoms with Crippen molar-refractivity contribution in [1.82, 2.24) is 9.55 Å². The number of H-pyrrole nitrogens is 1. The van der Waals surface area contributed by atoms with Gasteiger partial charge < -0.3 is 10.1 Å². The molecule has 2 aromatic heterocycles. The molecule has 1 aromatic carbocycles. The maximum Gasteiger partial charge on any atom is 0.332 e. The largest absolute Gasteiger partial charge is 0.464 e. The van der Waals surface area contributed by atoms with Gasteiger partial charge in [-0.25, -0.2) is 14.2 Å². The molecule has 0 bridgehead atoms. The van der Waals surface area contributed by atoms with E-state index in [1.165, 1.54) is 13.8 Å². The Hall–Kier alpha value is -3.20. The Kier molecular flexibility index (Phi) is 5.43. The molecule has 9 heteroatoms. The number of nitrogens with zero attached hydrogens (tertiary/aromatic N) is 1. The molecular formula is C20H21N3O5S. The number of ether oxygens (including phenoxy) is 1. The van der Waals surface area contributed by atoms with Crippen LogP contribution in [-0.4, -0.2) is 28.0 Å². The predicted octanol–water partition coefficient (Wildman–Crippen LogP) is 2.61. The molecule has 0 saturated carbocycles. The standard InChI is InChI=1S/C20H21N3O5S/c1-5-28-18(26)20(3,4)23-17(25)13-11(2)14(29-16(13)22-19(23)27)15(24)21-12-9-7-6-8-10-12/h6-10H,5H2,1-4H3,(H,21,24)(H,22,27). The Morgan fingerprint density at radius 2 is 1.86 bits per heavy atom. The number of nitrogens with one attached hydrogen (secondary N) is 2. The predicted molar refractivity (Wildman–Crippen MR) is 112 cm³/mol. The van der Waals surface area contributed by atoms with Crippen LogP contribution < -0.4 is 16.6 Å². The van der Waals surface area contributed by atoms with E-state index in [0.717, 1.165) is 15.9 Å². The number of benzene rings is 1. The second-order valence-corrected chi connectivity index (χ2v) is 7.95. The van der Waals surface area contributed by atoms with Crippen molar-refractivity contribution in [3.63, 3.8) is 0 Å². The van der Waals surface area contributed by atoms with E-state index >= 15 is 0 Å². The molecule has 0 fully saturated rings. The van der Waals surface area contributed by atoms with Gasteiger partial charge in [-0.15, -0.1) is 11.3 Å². The zero-order chi connectivity index (χ0) is 21.3. The summed E-state index contributed by atoms with van der Waals surface area (Å²) in [5, 5.41) is 2.97. The third-order valence-corrected chi connectivity index (χ3v) is 5.77. The number of amides is 1. The van der Waals surface area contributed by atoms with Crippen LogP contribution in [0.25, 0.3) is 10.2 Å². The lowest BCUT2D eigenvalue weighted by Gasteiger charge is -2.23. The van der Waals surface area contributed by atoms with Crippen LogP contribution in [0.3, 0.4) is 0 Å². The lowest BCUT2D eigenvalue weighted by molar-refractivity contribution is -0.152. The van der Waals surface area contributed by atoms with Crippen molar-refractivity contribution < 1.29 is 14.3 Å². The number of esters is 1. The summed E-state index contributed by atoms with van der Waals surface area (Å²) in [4.78, 5) is 54.0. The number of aromatic nitrogens is 2. The Balaban J connectivity index is 2.13. The quantitative estimate of drug-likeness (QED) is 0.623. The number of rotatable bonds is 5. The SMILES string of the molecule is CCOC(=O)C(C)(C)n1c(=O)[nH]c2sc(C(=O)Nc3ccccc3)c(C)c2c1=O. The highest BCUT2D eigenvalue weighted by Crippen LogP contribution is 2.28. The normalized spacial score (nSPS) is 11.4. The van der Waals surface area contributed by atoms with Gasteiger partial charge in [-0.05, 0) is 45.4 Å². The van der Waals surface area contributed by atoms with Crippen molar-refractivity contribution in [3.05, 3.63) is 61.6 Å². The van der Waals surface area contributed by atoms with E-state index in [-0.39, 0.29) is 22.7 Å². The highest BCUT2D eigenvalue weighted by atomic mass is 32.1. The van der Waals surface area contributed by atoms with Crippen LogP contribution >= 0.6 is 11.3 Å². The first-order valence-corrected chi connectivity index (χ1v) is 9.82. The van der Waals surface area contributed by atoms with Gasteiger partial charge in [0.2, 0.25) is 0 Å². The molecule has 2 heterocycles. The van der Waals surface area contributed by atoms with Crippen LogP contribution in [0, 0.1) is 6.92 Å². The number of carbonyl (C=O) groups is 2. The number of fused-ring (bicyclic) bond motifs is 1. The first-order valence-electron chi connectivity index (χ1n) is 9.01. The number of hydrogen-bond donors (Lipinski definition) is 2. The first kappa shape index (κ1) is 20.5. The zero-order valence-electron chi connectivity index (χ0n) is 16.5. The maximum absolute atomic E-state index is 13.1. The van der Waals surface area contributed by atoms with E-state index in [1.54, 1.807) is 38.1 Å². The Bertz CT molecular complexity index is 1200. The molecule has 152 valence electrons. The molecule has 3 aromatic rings. The summed E-state index contributed by atoms with van der Waals surface area (Å²) in [5.41, 5.74) is -1.83. The summed E-state index contributed by atoms with van der Waals surface area (Å²) in [6.45, 7) is 6.29. The van der Waals surface area contributed by atoms with Gasteiger partial charge in [-0.1, -0.05) is 18.2 Å². The molecule has 0 aliphatic carbocycles. The topological polar surface area (TPSA) is 110 Å². The maximum atomic E-state index is 13.1. The fourth-order valence-electron chi connectivity index (χ4n) is 3.05. The molecular weight excluding hydrogens is 394 g/mol. The molecule has 0 radical (unpaired) electrons. The molecule has 0 spiro atoms. The third-order valence-electron chi connectivity index (χ3n) is 4.56. The fraction of sp³-hybridized carbons (Fsp3) is 0.300. The minimum atomic E-state index is -1.50. The van der Waals surface area contributed by atoms with Crippen LogP contribution in [0.4, 0.5) is 5.69 Å². The van der Waals surface area contributed by atoms with Gasteiger partial charge >= 0.3 is 11.7 Å². The monoisotopic (exact) mass is 415 g/mol. The van der Waals surface area contributed by atoms with Gasteiger partial charge in [0.05, 0.1) is 16.9 Å². The Morgan fingerprint density at radius 1 is 1.21 bits per heavy atom. The number of thiophene rings is 1. The van der Waals surface area contributed by atoms with E-state index in [2.05, 4.69) is 10.3 Å². The third kappa shape index (κ3) is 3.61. The highest BCUT2D eigenvalue weighted by molar-refractivity contribution is 7.20. The number of carbonyl (C=O) groups excluding carboxylic acids is 2. The molecule has 0 atom stereocenters. The van der Waals surface area contributed by atoms with Gasteiger partial charge in [0, 0.05) is 5.69 Å². The summed E-state index contributed by atoms with van der Waals surface area (Å²) in [5.74, 6) is -1.08. The molecule has 8 nitrogen and oxygen atoms in total. The van der Waals surface area contributed by atoms with Gasteiger partial charge in [0.1, 0.15) is 10.4 Å². The molecule has 1 amide bonds. The average molecular weight is 415 g/mol. The summed E-state index contributed by atoms with van der Waals surface area (Å²) in [6.07, 6.45) is 0. The van der Waals surface area contributed by atoms with Crippen LogP contribution in [0.5, 0.6) is 0 Å². The van der Waals surface area contributed by atoms with E-state index in [9.17, 15) is 19.2 Å². The second kappa shape index (κ2) is 7.67. The highest BCUT2D eigenvalue weighted by Gasteiger charge is 2.35. The Labute approximate surface area is 170 Å². The molecule has 2 N–H and O–H groups in total. The summed E-state index contributed by atoms with van der Waals surface area (Å²) in [7, 11) is 0. The lowest BCUT2D eigenvalue weighted by Crippen LogP contribution is -2.51. The number of hydrogen-bond acceptors (Lipinski definition) is 6. The smallest absolute Gasteiger partial charge is 0.332 e. The van der Waals surface area contributed by atoms with Gasteiger partial charge in [0.25, 0.3) is 11.5 Å². The molecule has 0 aliphatic heterocycles. The second-order valence-electron chi connectivity index (χ2n) is 6.93. The number of para-hydroxylation sites is 1. The van der Waals surface area contributed by atoms with E-state index < -0.39 is 22.8 Å². The van der Waals surface area contributed by atoms with Gasteiger partial charge in [-0.3, -0.25) is 14.6 Å². The summed E-state index contributed by atoms with van der Waals surface area (Å²) in [6, 6.07) is 8.91. The number of anilines is 1. The molecule has 0 aliphatic rings. The molecule has 0 saturated heterocycles. The van der Waals surface area contributed by atoms with E-state index in [0.29, 0.717) is 16.1 Å². The molecule has 0 unspecified atom stereocenters. The minimum Gasteiger partial charge on any atom is -0.464 e. The molecule has 29 heavy (non-hydrogen) atoms. The van der Waals surface area contributed by atoms with Crippen LogP contribution in [-0.2, 0) is 15.1 Å². The van der Waals surface area contributed by atoms with Crippen LogP contribution in [0.2, 0.25) is 0 Å². The number of aromatic amines is 1. The van der Waals surface area contributed by atoms with Crippen LogP contribution in [0.1, 0.15) is 36.0 Å².